The van der Waals surface area contributed by atoms with Crippen LogP contribution in [0.5, 0.6) is 0 Å². The van der Waals surface area contributed by atoms with Gasteiger partial charge in [0.2, 0.25) is 0 Å². The Morgan fingerprint density at radius 3 is 2.47 bits per heavy atom. The topological polar surface area (TPSA) is 12.0 Å². The van der Waals surface area contributed by atoms with Gasteiger partial charge in [-0.15, -0.1) is 0 Å². The van der Waals surface area contributed by atoms with Crippen molar-refractivity contribution >= 4 is 0 Å². The van der Waals surface area contributed by atoms with Crippen molar-refractivity contribution < 1.29 is 0 Å². The van der Waals surface area contributed by atoms with Gasteiger partial charge in [0.05, 0.1) is 0 Å². The smallest absolute Gasteiger partial charge is 0.0291 e. The van der Waals surface area contributed by atoms with E-state index in [-0.39, 0.29) is 0 Å². The van der Waals surface area contributed by atoms with Crippen molar-refractivity contribution in [1.82, 2.24) is 5.32 Å². The molecule has 0 aliphatic heterocycles. The summed E-state index contributed by atoms with van der Waals surface area (Å²) in [5.41, 5.74) is 2.84. The van der Waals surface area contributed by atoms with Crippen molar-refractivity contribution in [3.8, 4) is 0 Å². The lowest BCUT2D eigenvalue weighted by atomic mass is 10.0. The van der Waals surface area contributed by atoms with Crippen LogP contribution in [0.1, 0.15) is 69.5 Å². The predicted octanol–water partition coefficient (Wildman–Crippen LogP) is 4.87. The Morgan fingerprint density at radius 1 is 1.16 bits per heavy atom. The van der Waals surface area contributed by atoms with Crippen LogP contribution in [0.15, 0.2) is 24.3 Å². The molecule has 1 N–H and O–H groups in total. The summed E-state index contributed by atoms with van der Waals surface area (Å²) in [5, 5.41) is 3.66. The molecule has 0 aromatic heterocycles. The third-order valence-electron chi connectivity index (χ3n) is 4.60. The first-order valence-corrected chi connectivity index (χ1v) is 8.12. The van der Waals surface area contributed by atoms with Crippen molar-refractivity contribution in [2.75, 3.05) is 6.54 Å². The first kappa shape index (κ1) is 14.6. The van der Waals surface area contributed by atoms with Gasteiger partial charge in [-0.05, 0) is 49.8 Å². The van der Waals surface area contributed by atoms with Crippen molar-refractivity contribution in [2.24, 2.45) is 5.92 Å². The molecule has 0 amide bonds. The van der Waals surface area contributed by atoms with E-state index in [0.29, 0.717) is 6.04 Å². The van der Waals surface area contributed by atoms with Crippen LogP contribution in [0.3, 0.4) is 0 Å². The quantitative estimate of drug-likeness (QED) is 0.689. The molecular weight excluding hydrogens is 230 g/mol. The predicted molar refractivity (Wildman–Crippen MR) is 83.4 cm³/mol. The normalized spacial score (nSPS) is 17.8. The largest absolute Gasteiger partial charge is 0.310 e. The van der Waals surface area contributed by atoms with E-state index in [9.17, 15) is 0 Å². The van der Waals surface area contributed by atoms with Gasteiger partial charge in [-0.25, -0.2) is 0 Å². The van der Waals surface area contributed by atoms with E-state index in [2.05, 4.69) is 43.4 Å². The van der Waals surface area contributed by atoms with Crippen LogP contribution in [0.4, 0.5) is 0 Å². The summed E-state index contributed by atoms with van der Waals surface area (Å²) in [4.78, 5) is 0. The first-order chi connectivity index (χ1) is 9.29. The number of rotatable bonds is 7. The zero-order chi connectivity index (χ0) is 13.5. The third-order valence-corrected chi connectivity index (χ3v) is 4.60. The molecule has 0 spiro atoms. The van der Waals surface area contributed by atoms with Gasteiger partial charge >= 0.3 is 0 Å². The van der Waals surface area contributed by atoms with Gasteiger partial charge in [-0.1, -0.05) is 56.9 Å². The van der Waals surface area contributed by atoms with Crippen LogP contribution < -0.4 is 5.32 Å². The lowest BCUT2D eigenvalue weighted by Crippen LogP contribution is -2.20. The molecule has 1 saturated carbocycles. The second-order valence-electron chi connectivity index (χ2n) is 6.06. The summed E-state index contributed by atoms with van der Waals surface area (Å²) in [6.07, 6.45) is 9.79. The molecule has 0 saturated heterocycles. The molecule has 1 aromatic carbocycles. The number of hydrogen-bond acceptors (Lipinski definition) is 1. The molecule has 1 nitrogen and oxygen atoms in total. The fourth-order valence-electron chi connectivity index (χ4n) is 3.17. The second kappa shape index (κ2) is 7.69. The number of hydrogen-bond donors (Lipinski definition) is 1. The Balaban J connectivity index is 1.66. The molecule has 1 unspecified atom stereocenters. The highest BCUT2D eigenvalue weighted by Gasteiger charge is 2.14. The second-order valence-corrected chi connectivity index (χ2v) is 6.06. The van der Waals surface area contributed by atoms with Crippen LogP contribution >= 0.6 is 0 Å². The maximum atomic E-state index is 3.66. The summed E-state index contributed by atoms with van der Waals surface area (Å²) in [6, 6.07) is 9.54. The van der Waals surface area contributed by atoms with E-state index in [1.165, 1.54) is 49.7 Å². The number of aryl methyl sites for hydroxylation is 1. The average molecular weight is 259 g/mol. The summed E-state index contributed by atoms with van der Waals surface area (Å²) >= 11 is 0. The molecule has 0 heterocycles. The standard InChI is InChI=1S/C18H29N/c1-3-16-10-12-18(13-11-16)15(2)19-14-6-9-17-7-4-5-8-17/h10-13,15,17,19H,3-9,14H2,1-2H3. The molecule has 1 atom stereocenters. The van der Waals surface area contributed by atoms with E-state index in [1.54, 1.807) is 0 Å². The Bertz CT molecular complexity index is 348. The molecule has 0 radical (unpaired) electrons. The Hall–Kier alpha value is -0.820. The van der Waals surface area contributed by atoms with E-state index < -0.39 is 0 Å². The van der Waals surface area contributed by atoms with Gasteiger partial charge in [-0.3, -0.25) is 0 Å². The molecule has 1 aliphatic rings. The van der Waals surface area contributed by atoms with Crippen molar-refractivity contribution in [3.63, 3.8) is 0 Å². The van der Waals surface area contributed by atoms with Gasteiger partial charge < -0.3 is 5.32 Å². The molecule has 1 heteroatoms. The van der Waals surface area contributed by atoms with E-state index in [0.717, 1.165) is 18.9 Å². The van der Waals surface area contributed by atoms with Crippen LogP contribution in [-0.4, -0.2) is 6.54 Å². The van der Waals surface area contributed by atoms with Crippen LogP contribution in [0.2, 0.25) is 0 Å². The highest BCUT2D eigenvalue weighted by molar-refractivity contribution is 5.24. The van der Waals surface area contributed by atoms with Crippen molar-refractivity contribution in [2.45, 2.75) is 64.8 Å². The maximum absolute atomic E-state index is 3.66. The van der Waals surface area contributed by atoms with Gasteiger partial charge in [0.15, 0.2) is 0 Å². The molecule has 1 aromatic rings. The fraction of sp³-hybridized carbons (Fsp3) is 0.667. The monoisotopic (exact) mass is 259 g/mol. The highest BCUT2D eigenvalue weighted by Crippen LogP contribution is 2.28. The average Bonchev–Trinajstić information content (AvgIpc) is 2.96. The van der Waals surface area contributed by atoms with Gasteiger partial charge in [-0.2, -0.15) is 0 Å². The van der Waals surface area contributed by atoms with Crippen LogP contribution in [-0.2, 0) is 6.42 Å². The third kappa shape index (κ3) is 4.65. The SMILES string of the molecule is CCc1ccc(C(C)NCCCC2CCCC2)cc1. The Labute approximate surface area is 118 Å². The van der Waals surface area contributed by atoms with Crippen molar-refractivity contribution in [3.05, 3.63) is 35.4 Å². The molecule has 19 heavy (non-hydrogen) atoms. The maximum Gasteiger partial charge on any atom is 0.0291 e. The zero-order valence-corrected chi connectivity index (χ0v) is 12.6. The van der Waals surface area contributed by atoms with E-state index in [1.807, 2.05) is 0 Å². The zero-order valence-electron chi connectivity index (χ0n) is 12.6. The molecule has 0 bridgehead atoms. The summed E-state index contributed by atoms with van der Waals surface area (Å²) in [5.74, 6) is 1.03. The minimum absolute atomic E-state index is 0.481. The van der Waals surface area contributed by atoms with Gasteiger partial charge in [0.1, 0.15) is 0 Å². The highest BCUT2D eigenvalue weighted by atomic mass is 14.9. The molecule has 2 rings (SSSR count). The molecule has 106 valence electrons. The molecular formula is C18H29N. The van der Waals surface area contributed by atoms with E-state index >= 15 is 0 Å². The lowest BCUT2D eigenvalue weighted by molar-refractivity contribution is 0.456. The lowest BCUT2D eigenvalue weighted by Gasteiger charge is -2.15. The fourth-order valence-corrected chi connectivity index (χ4v) is 3.17. The van der Waals surface area contributed by atoms with Crippen LogP contribution in [0, 0.1) is 5.92 Å². The minimum atomic E-state index is 0.481. The Kier molecular flexibility index (Phi) is 5.91. The van der Waals surface area contributed by atoms with Gasteiger partial charge in [0.25, 0.3) is 0 Å². The first-order valence-electron chi connectivity index (χ1n) is 8.12. The number of benzene rings is 1. The van der Waals surface area contributed by atoms with E-state index in [4.69, 9.17) is 0 Å². The summed E-state index contributed by atoms with van der Waals surface area (Å²) in [6.45, 7) is 5.64. The Morgan fingerprint density at radius 2 is 1.84 bits per heavy atom. The van der Waals surface area contributed by atoms with Gasteiger partial charge in [0, 0.05) is 6.04 Å². The van der Waals surface area contributed by atoms with Crippen LogP contribution in [0.25, 0.3) is 0 Å². The summed E-state index contributed by atoms with van der Waals surface area (Å²) in [7, 11) is 0. The molecule has 1 fully saturated rings. The summed E-state index contributed by atoms with van der Waals surface area (Å²) < 4.78 is 0. The minimum Gasteiger partial charge on any atom is -0.310 e. The molecule has 1 aliphatic carbocycles. The number of nitrogens with one attached hydrogen (secondary N) is 1. The van der Waals surface area contributed by atoms with Crippen molar-refractivity contribution in [1.29, 1.82) is 0 Å².